The molecule has 0 heterocycles. The molecular formula is C14H15NS. The lowest BCUT2D eigenvalue weighted by Gasteiger charge is -2.04. The molecule has 0 saturated heterocycles. The van der Waals surface area contributed by atoms with E-state index in [1.54, 1.807) is 11.8 Å². The molecule has 0 radical (unpaired) electrons. The first-order valence-corrected chi connectivity index (χ1v) is 6.49. The van der Waals surface area contributed by atoms with E-state index in [4.69, 9.17) is 5.73 Å². The molecule has 1 nitrogen and oxygen atoms in total. The molecule has 0 fully saturated rings. The number of rotatable bonds is 3. The number of hydrogen-bond donors (Lipinski definition) is 1. The van der Waals surface area contributed by atoms with E-state index in [0.29, 0.717) is 6.54 Å². The van der Waals surface area contributed by atoms with Gasteiger partial charge in [0.2, 0.25) is 0 Å². The molecule has 2 aromatic rings. The first-order valence-electron chi connectivity index (χ1n) is 5.27. The molecular weight excluding hydrogens is 214 g/mol. The van der Waals surface area contributed by atoms with Crippen LogP contribution in [-0.2, 0) is 6.54 Å². The predicted octanol–water partition coefficient (Wildman–Crippen LogP) is 3.53. The zero-order valence-corrected chi connectivity index (χ0v) is 10.1. The lowest BCUT2D eigenvalue weighted by molar-refractivity contribution is 1.07. The number of benzene rings is 2. The fourth-order valence-corrected chi connectivity index (χ4v) is 2.02. The normalized spacial score (nSPS) is 10.4. The Bertz CT molecular complexity index is 400. The fourth-order valence-electron chi connectivity index (χ4n) is 1.62. The molecule has 0 spiro atoms. The van der Waals surface area contributed by atoms with Crippen molar-refractivity contribution in [3.63, 3.8) is 0 Å². The molecule has 82 valence electrons. The van der Waals surface area contributed by atoms with Crippen LogP contribution in [0.15, 0.2) is 53.4 Å². The van der Waals surface area contributed by atoms with Gasteiger partial charge in [-0.2, -0.15) is 0 Å². The van der Waals surface area contributed by atoms with Gasteiger partial charge in [-0.1, -0.05) is 36.4 Å². The zero-order valence-electron chi connectivity index (χ0n) is 9.31. The fraction of sp³-hybridized carbons (Fsp3) is 0.143. The molecule has 0 aliphatic carbocycles. The summed E-state index contributed by atoms with van der Waals surface area (Å²) in [6.45, 7) is 0.603. The van der Waals surface area contributed by atoms with Gasteiger partial charge in [0.15, 0.2) is 0 Å². The highest BCUT2D eigenvalue weighted by Gasteiger charge is 1.97. The molecule has 0 bridgehead atoms. The van der Waals surface area contributed by atoms with Crippen molar-refractivity contribution in [2.75, 3.05) is 6.26 Å². The molecule has 2 aromatic carbocycles. The highest BCUT2D eigenvalue weighted by atomic mass is 32.2. The van der Waals surface area contributed by atoms with Crippen LogP contribution in [0.4, 0.5) is 0 Å². The van der Waals surface area contributed by atoms with Gasteiger partial charge in [-0.15, -0.1) is 11.8 Å². The second-order valence-electron chi connectivity index (χ2n) is 3.63. The first-order chi connectivity index (χ1) is 7.83. The van der Waals surface area contributed by atoms with E-state index in [9.17, 15) is 0 Å². The standard InChI is InChI=1S/C14H15NS/c1-16-14-8-6-13(7-9-14)12-4-2-11(10-15)3-5-12/h2-9H,10,15H2,1H3. The van der Waals surface area contributed by atoms with Gasteiger partial charge in [0.1, 0.15) is 0 Å². The molecule has 0 unspecified atom stereocenters. The largest absolute Gasteiger partial charge is 0.326 e. The lowest BCUT2D eigenvalue weighted by Crippen LogP contribution is -1.95. The van der Waals surface area contributed by atoms with E-state index in [1.165, 1.54) is 21.6 Å². The number of thioether (sulfide) groups is 1. The van der Waals surface area contributed by atoms with Gasteiger partial charge in [-0.3, -0.25) is 0 Å². The number of hydrogen-bond acceptors (Lipinski definition) is 2. The van der Waals surface area contributed by atoms with E-state index in [2.05, 4.69) is 54.8 Å². The van der Waals surface area contributed by atoms with Crippen molar-refractivity contribution in [2.24, 2.45) is 5.73 Å². The van der Waals surface area contributed by atoms with Crippen LogP contribution in [0.2, 0.25) is 0 Å². The van der Waals surface area contributed by atoms with Crippen LogP contribution >= 0.6 is 11.8 Å². The molecule has 0 saturated carbocycles. The Balaban J connectivity index is 2.28. The molecule has 0 amide bonds. The average molecular weight is 229 g/mol. The van der Waals surface area contributed by atoms with E-state index in [-0.39, 0.29) is 0 Å². The van der Waals surface area contributed by atoms with Crippen LogP contribution in [-0.4, -0.2) is 6.26 Å². The van der Waals surface area contributed by atoms with Crippen molar-refractivity contribution in [2.45, 2.75) is 11.4 Å². The Morgan fingerprint density at radius 3 is 1.81 bits per heavy atom. The Labute approximate surface area is 101 Å². The van der Waals surface area contributed by atoms with Gasteiger partial charge >= 0.3 is 0 Å². The minimum absolute atomic E-state index is 0.603. The third kappa shape index (κ3) is 2.46. The van der Waals surface area contributed by atoms with E-state index in [1.807, 2.05) is 0 Å². The molecule has 16 heavy (non-hydrogen) atoms. The van der Waals surface area contributed by atoms with Gasteiger partial charge in [0.05, 0.1) is 0 Å². The van der Waals surface area contributed by atoms with Crippen molar-refractivity contribution in [1.82, 2.24) is 0 Å². The van der Waals surface area contributed by atoms with Gasteiger partial charge in [-0.05, 0) is 35.1 Å². The third-order valence-corrected chi connectivity index (χ3v) is 3.36. The predicted molar refractivity (Wildman–Crippen MR) is 71.6 cm³/mol. The SMILES string of the molecule is CSc1ccc(-c2ccc(CN)cc2)cc1. The maximum absolute atomic E-state index is 5.57. The average Bonchev–Trinajstić information content (AvgIpc) is 2.39. The first kappa shape index (κ1) is 11.2. The minimum Gasteiger partial charge on any atom is -0.326 e. The summed E-state index contributed by atoms with van der Waals surface area (Å²) < 4.78 is 0. The molecule has 0 aliphatic heterocycles. The Morgan fingerprint density at radius 1 is 0.875 bits per heavy atom. The number of nitrogens with two attached hydrogens (primary N) is 1. The lowest BCUT2D eigenvalue weighted by atomic mass is 10.0. The summed E-state index contributed by atoms with van der Waals surface area (Å²) in [5, 5.41) is 0. The van der Waals surface area contributed by atoms with Crippen molar-refractivity contribution in [3.8, 4) is 11.1 Å². The van der Waals surface area contributed by atoms with E-state index < -0.39 is 0 Å². The van der Waals surface area contributed by atoms with Crippen LogP contribution in [0.1, 0.15) is 5.56 Å². The molecule has 2 rings (SSSR count). The van der Waals surface area contributed by atoms with Gasteiger partial charge in [0, 0.05) is 11.4 Å². The summed E-state index contributed by atoms with van der Waals surface area (Å²) in [4.78, 5) is 1.29. The topological polar surface area (TPSA) is 26.0 Å². The molecule has 2 N–H and O–H groups in total. The smallest absolute Gasteiger partial charge is 0.0178 e. The van der Waals surface area contributed by atoms with Crippen molar-refractivity contribution in [1.29, 1.82) is 0 Å². The summed E-state index contributed by atoms with van der Waals surface area (Å²) in [6.07, 6.45) is 2.09. The highest BCUT2D eigenvalue weighted by molar-refractivity contribution is 7.98. The van der Waals surface area contributed by atoms with Crippen molar-refractivity contribution < 1.29 is 0 Å². The van der Waals surface area contributed by atoms with Gasteiger partial charge in [-0.25, -0.2) is 0 Å². The summed E-state index contributed by atoms with van der Waals surface area (Å²) in [5.41, 5.74) is 9.24. The Morgan fingerprint density at radius 2 is 1.38 bits per heavy atom. The molecule has 2 heteroatoms. The van der Waals surface area contributed by atoms with Crippen molar-refractivity contribution >= 4 is 11.8 Å². The molecule has 0 atom stereocenters. The van der Waals surface area contributed by atoms with Gasteiger partial charge in [0.25, 0.3) is 0 Å². The quantitative estimate of drug-likeness (QED) is 0.815. The van der Waals surface area contributed by atoms with Crippen molar-refractivity contribution in [3.05, 3.63) is 54.1 Å². The zero-order chi connectivity index (χ0) is 11.4. The van der Waals surface area contributed by atoms with Crippen LogP contribution in [0.5, 0.6) is 0 Å². The second kappa shape index (κ2) is 5.19. The van der Waals surface area contributed by atoms with E-state index >= 15 is 0 Å². The Hall–Kier alpha value is -1.25. The van der Waals surface area contributed by atoms with E-state index in [0.717, 1.165) is 0 Å². The summed E-state index contributed by atoms with van der Waals surface area (Å²) in [6, 6.07) is 17.0. The second-order valence-corrected chi connectivity index (χ2v) is 4.51. The minimum atomic E-state index is 0.603. The molecule has 0 aliphatic rings. The Kier molecular flexibility index (Phi) is 3.65. The highest BCUT2D eigenvalue weighted by Crippen LogP contribution is 2.23. The van der Waals surface area contributed by atoms with Crippen LogP contribution < -0.4 is 5.73 Å². The monoisotopic (exact) mass is 229 g/mol. The third-order valence-electron chi connectivity index (χ3n) is 2.61. The van der Waals surface area contributed by atoms with Crippen LogP contribution in [0, 0.1) is 0 Å². The summed E-state index contributed by atoms with van der Waals surface area (Å²) in [7, 11) is 0. The van der Waals surface area contributed by atoms with Gasteiger partial charge < -0.3 is 5.73 Å². The summed E-state index contributed by atoms with van der Waals surface area (Å²) >= 11 is 1.76. The maximum Gasteiger partial charge on any atom is 0.0178 e. The molecule has 0 aromatic heterocycles. The summed E-state index contributed by atoms with van der Waals surface area (Å²) in [5.74, 6) is 0. The van der Waals surface area contributed by atoms with Crippen LogP contribution in [0.3, 0.4) is 0 Å². The maximum atomic E-state index is 5.57. The van der Waals surface area contributed by atoms with Crippen LogP contribution in [0.25, 0.3) is 11.1 Å².